The minimum Gasteiger partial charge on any atom is -0.322 e. The second-order valence-electron chi connectivity index (χ2n) is 5.78. The Hall–Kier alpha value is -2.23. The van der Waals surface area contributed by atoms with Crippen LogP contribution in [0.2, 0.25) is 0 Å². The van der Waals surface area contributed by atoms with Gasteiger partial charge in [-0.25, -0.2) is 8.78 Å². The van der Waals surface area contributed by atoms with Gasteiger partial charge in [-0.05, 0) is 55.7 Å². The third-order valence-corrected chi connectivity index (χ3v) is 3.73. The van der Waals surface area contributed by atoms with Crippen molar-refractivity contribution in [3.8, 4) is 0 Å². The molecule has 0 aliphatic heterocycles. The third kappa shape index (κ3) is 5.44. The summed E-state index contributed by atoms with van der Waals surface area (Å²) in [7, 11) is 0. The third-order valence-electron chi connectivity index (χ3n) is 3.73. The molecule has 0 saturated carbocycles. The Morgan fingerprint density at radius 3 is 2.50 bits per heavy atom. The molecule has 1 amide bonds. The number of carbonyl (C=O) groups excluding carboxylic acids is 1. The summed E-state index contributed by atoms with van der Waals surface area (Å²) in [5.74, 6) is -3.33. The zero-order valence-corrected chi connectivity index (χ0v) is 14.7. The molecule has 0 aliphatic carbocycles. The van der Waals surface area contributed by atoms with Crippen LogP contribution in [0.25, 0.3) is 0 Å². The van der Waals surface area contributed by atoms with Gasteiger partial charge in [0.1, 0.15) is 0 Å². The van der Waals surface area contributed by atoms with E-state index in [4.69, 9.17) is 0 Å². The lowest BCUT2D eigenvalue weighted by Gasteiger charge is -2.14. The fourth-order valence-electron chi connectivity index (χ4n) is 2.37. The zero-order chi connectivity index (χ0) is 18.3. The summed E-state index contributed by atoms with van der Waals surface area (Å²) >= 11 is 0. The average Bonchev–Trinajstić information content (AvgIpc) is 2.51. The quantitative estimate of drug-likeness (QED) is 0.670. The van der Waals surface area contributed by atoms with E-state index in [1.165, 1.54) is 30.7 Å². The molecular weight excluding hydrogens is 308 g/mol. The highest BCUT2D eigenvalue weighted by Gasteiger charge is 2.25. The van der Waals surface area contributed by atoms with Crippen LogP contribution in [0.5, 0.6) is 0 Å². The Bertz CT molecular complexity index is 667. The number of amides is 1. The van der Waals surface area contributed by atoms with Gasteiger partial charge in [0.25, 0.3) is 11.8 Å². The van der Waals surface area contributed by atoms with Crippen LogP contribution in [-0.2, 0) is 6.42 Å². The summed E-state index contributed by atoms with van der Waals surface area (Å²) in [6.45, 7) is 9.98. The topological polar surface area (TPSA) is 29.1 Å². The van der Waals surface area contributed by atoms with Crippen LogP contribution in [0.15, 0.2) is 54.3 Å². The fraction of sp³-hybridized carbons (Fsp3) is 0.350. The van der Waals surface area contributed by atoms with E-state index in [0.717, 1.165) is 25.3 Å². The van der Waals surface area contributed by atoms with E-state index >= 15 is 0 Å². The van der Waals surface area contributed by atoms with E-state index in [-0.39, 0.29) is 17.2 Å². The number of allylic oxidation sites excluding steroid dienone is 4. The molecule has 0 unspecified atom stereocenters. The molecule has 0 spiro atoms. The standard InChI is InChI=1S/C20H25F2NO/c1-6-9-15-10-11-16(12-14(15)4)19(24)23-18(8-3)13-17(7-2)20(5,21)22/h7-8,10-13H,3,6,9H2,1-2,4-5H3,(H,23,24)/b17-7+,18-13+. The lowest BCUT2D eigenvalue weighted by Crippen LogP contribution is -2.23. The highest BCUT2D eigenvalue weighted by molar-refractivity contribution is 5.95. The summed E-state index contributed by atoms with van der Waals surface area (Å²) in [4.78, 5) is 12.3. The summed E-state index contributed by atoms with van der Waals surface area (Å²) in [6.07, 6.45) is 5.91. The molecule has 24 heavy (non-hydrogen) atoms. The Morgan fingerprint density at radius 1 is 1.38 bits per heavy atom. The summed E-state index contributed by atoms with van der Waals surface area (Å²) in [5, 5.41) is 2.63. The van der Waals surface area contributed by atoms with E-state index in [1.54, 1.807) is 6.07 Å². The van der Waals surface area contributed by atoms with Crippen LogP contribution in [0.4, 0.5) is 8.78 Å². The maximum atomic E-state index is 13.5. The minimum atomic E-state index is -2.98. The van der Waals surface area contributed by atoms with E-state index < -0.39 is 5.92 Å². The molecule has 0 aliphatic rings. The van der Waals surface area contributed by atoms with Crippen LogP contribution >= 0.6 is 0 Å². The van der Waals surface area contributed by atoms with Crippen LogP contribution in [0.3, 0.4) is 0 Å². The van der Waals surface area contributed by atoms with Gasteiger partial charge in [-0.3, -0.25) is 4.79 Å². The molecule has 2 nitrogen and oxygen atoms in total. The van der Waals surface area contributed by atoms with Crippen LogP contribution in [0, 0.1) is 6.92 Å². The molecule has 0 bridgehead atoms. The smallest absolute Gasteiger partial charge is 0.270 e. The van der Waals surface area contributed by atoms with Crippen molar-refractivity contribution in [3.05, 3.63) is 71.0 Å². The zero-order valence-electron chi connectivity index (χ0n) is 14.7. The lowest BCUT2D eigenvalue weighted by atomic mass is 10.0. The van der Waals surface area contributed by atoms with E-state index in [0.29, 0.717) is 5.56 Å². The molecule has 0 fully saturated rings. The maximum Gasteiger partial charge on any atom is 0.270 e. The van der Waals surface area contributed by atoms with Crippen molar-refractivity contribution in [2.75, 3.05) is 0 Å². The van der Waals surface area contributed by atoms with Crippen LogP contribution in [0.1, 0.15) is 48.7 Å². The molecule has 0 atom stereocenters. The largest absolute Gasteiger partial charge is 0.322 e. The number of nitrogens with one attached hydrogen (secondary N) is 1. The van der Waals surface area contributed by atoms with Gasteiger partial charge in [-0.2, -0.15) is 0 Å². The molecule has 1 aromatic rings. The Balaban J connectivity index is 3.00. The van der Waals surface area contributed by atoms with Gasteiger partial charge in [0.05, 0.1) is 0 Å². The van der Waals surface area contributed by atoms with Crippen LogP contribution < -0.4 is 5.32 Å². The van der Waals surface area contributed by atoms with Crippen molar-refractivity contribution >= 4 is 5.91 Å². The van der Waals surface area contributed by atoms with Gasteiger partial charge in [0.2, 0.25) is 0 Å². The molecule has 1 N–H and O–H groups in total. The van der Waals surface area contributed by atoms with Crippen molar-refractivity contribution < 1.29 is 13.6 Å². The first-order valence-corrected chi connectivity index (χ1v) is 8.02. The Kier molecular flexibility index (Phi) is 7.08. The minimum absolute atomic E-state index is 0.174. The molecule has 0 radical (unpaired) electrons. The van der Waals surface area contributed by atoms with Crippen LogP contribution in [-0.4, -0.2) is 11.8 Å². The Morgan fingerprint density at radius 2 is 2.04 bits per heavy atom. The van der Waals surface area contributed by atoms with Gasteiger partial charge in [-0.15, -0.1) is 0 Å². The highest BCUT2D eigenvalue weighted by atomic mass is 19.3. The normalized spacial score (nSPS) is 12.9. The number of halogens is 2. The first-order chi connectivity index (χ1) is 11.2. The van der Waals surface area contributed by atoms with Crippen molar-refractivity contribution in [2.45, 2.75) is 46.5 Å². The van der Waals surface area contributed by atoms with Crippen molar-refractivity contribution in [1.29, 1.82) is 0 Å². The van der Waals surface area contributed by atoms with Gasteiger partial charge in [-0.1, -0.05) is 32.1 Å². The van der Waals surface area contributed by atoms with Gasteiger partial charge < -0.3 is 5.32 Å². The number of aryl methyl sites for hydroxylation is 2. The van der Waals surface area contributed by atoms with Gasteiger partial charge in [0, 0.05) is 23.8 Å². The van der Waals surface area contributed by atoms with E-state index in [9.17, 15) is 13.6 Å². The Labute approximate surface area is 143 Å². The number of rotatable bonds is 7. The SMILES string of the molecule is C=C/C(=C\C(=C/C)C(C)(F)F)NC(=O)c1ccc(CCC)c(C)c1. The molecule has 0 saturated heterocycles. The first kappa shape index (κ1) is 19.8. The molecule has 130 valence electrons. The number of hydrogen-bond donors (Lipinski definition) is 1. The van der Waals surface area contributed by atoms with Crippen molar-refractivity contribution in [1.82, 2.24) is 5.32 Å². The van der Waals surface area contributed by atoms with Gasteiger partial charge in [0.15, 0.2) is 0 Å². The summed E-state index contributed by atoms with van der Waals surface area (Å²) in [5.41, 5.74) is 2.81. The predicted molar refractivity (Wildman–Crippen MR) is 95.3 cm³/mol. The van der Waals surface area contributed by atoms with Crippen molar-refractivity contribution in [3.63, 3.8) is 0 Å². The van der Waals surface area contributed by atoms with Crippen molar-refractivity contribution in [2.24, 2.45) is 0 Å². The fourth-order valence-corrected chi connectivity index (χ4v) is 2.37. The first-order valence-electron chi connectivity index (χ1n) is 8.02. The molecule has 1 rings (SSSR count). The lowest BCUT2D eigenvalue weighted by molar-refractivity contribution is 0.0671. The second kappa shape index (κ2) is 8.57. The predicted octanol–water partition coefficient (Wildman–Crippen LogP) is 5.35. The molecule has 1 aromatic carbocycles. The molecule has 0 heterocycles. The molecule has 0 aromatic heterocycles. The number of carbonyl (C=O) groups is 1. The molecule has 4 heteroatoms. The number of hydrogen-bond acceptors (Lipinski definition) is 1. The number of benzene rings is 1. The molecular formula is C20H25F2NO. The van der Waals surface area contributed by atoms with E-state index in [2.05, 4.69) is 18.8 Å². The second-order valence-corrected chi connectivity index (χ2v) is 5.78. The summed E-state index contributed by atoms with van der Waals surface area (Å²) < 4.78 is 26.9. The monoisotopic (exact) mass is 333 g/mol. The van der Waals surface area contributed by atoms with E-state index in [1.807, 2.05) is 19.1 Å². The summed E-state index contributed by atoms with van der Waals surface area (Å²) in [6, 6.07) is 5.49. The maximum absolute atomic E-state index is 13.5. The number of alkyl halides is 2. The average molecular weight is 333 g/mol. The van der Waals surface area contributed by atoms with Gasteiger partial charge >= 0.3 is 0 Å². The highest BCUT2D eigenvalue weighted by Crippen LogP contribution is 2.25.